The molecule has 0 saturated carbocycles. The zero-order valence-corrected chi connectivity index (χ0v) is 12.8. The Kier molecular flexibility index (Phi) is 4.29. The van der Waals surface area contributed by atoms with Gasteiger partial charge in [0.05, 0.1) is 6.04 Å². The molecule has 0 spiro atoms. The first-order valence-corrected chi connectivity index (χ1v) is 7.83. The summed E-state index contributed by atoms with van der Waals surface area (Å²) in [4.78, 5) is 14.2. The van der Waals surface area contributed by atoms with Crippen LogP contribution >= 0.6 is 0 Å². The number of nitrogens with one attached hydrogen (secondary N) is 1. The number of benzene rings is 2. The summed E-state index contributed by atoms with van der Waals surface area (Å²) in [7, 11) is 0. The highest BCUT2D eigenvalue weighted by molar-refractivity contribution is 5.86. The standard InChI is InChI=1S/C18H22N2O2/c1-13(19-18(22)20-10-9-14(11-20)12-21)16-8-4-6-15-5-2-3-7-17(15)16/h2-8,13-14,21H,9-12H2,1H3,(H,19,22). The lowest BCUT2D eigenvalue weighted by molar-refractivity contribution is 0.195. The van der Waals surface area contributed by atoms with Gasteiger partial charge in [0.2, 0.25) is 0 Å². The molecule has 2 atom stereocenters. The minimum Gasteiger partial charge on any atom is -0.396 e. The summed E-state index contributed by atoms with van der Waals surface area (Å²) in [6.45, 7) is 3.53. The van der Waals surface area contributed by atoms with Crippen molar-refractivity contribution in [2.24, 2.45) is 5.92 Å². The van der Waals surface area contributed by atoms with Crippen LogP contribution < -0.4 is 5.32 Å². The SMILES string of the molecule is CC(NC(=O)N1CCC(CO)C1)c1cccc2ccccc12. The van der Waals surface area contributed by atoms with Crippen molar-refractivity contribution >= 4 is 16.8 Å². The number of carbonyl (C=O) groups is 1. The first kappa shape index (κ1) is 14.9. The van der Waals surface area contributed by atoms with Gasteiger partial charge in [-0.15, -0.1) is 0 Å². The van der Waals surface area contributed by atoms with Crippen LogP contribution in [0.4, 0.5) is 4.79 Å². The van der Waals surface area contributed by atoms with Gasteiger partial charge in [0, 0.05) is 25.6 Å². The number of urea groups is 1. The average Bonchev–Trinajstić information content (AvgIpc) is 3.03. The topological polar surface area (TPSA) is 52.6 Å². The fraction of sp³-hybridized carbons (Fsp3) is 0.389. The van der Waals surface area contributed by atoms with E-state index in [4.69, 9.17) is 0 Å². The van der Waals surface area contributed by atoms with Gasteiger partial charge in [0.15, 0.2) is 0 Å². The van der Waals surface area contributed by atoms with E-state index in [1.807, 2.05) is 25.1 Å². The van der Waals surface area contributed by atoms with Crippen LogP contribution in [0.2, 0.25) is 0 Å². The molecule has 1 heterocycles. The third-order valence-electron chi connectivity index (χ3n) is 4.46. The number of amides is 2. The number of nitrogens with zero attached hydrogens (tertiary/aromatic N) is 1. The molecule has 4 nitrogen and oxygen atoms in total. The second-order valence-corrected chi connectivity index (χ2v) is 6.02. The van der Waals surface area contributed by atoms with Crippen LogP contribution in [-0.2, 0) is 0 Å². The number of hydrogen-bond acceptors (Lipinski definition) is 2. The highest BCUT2D eigenvalue weighted by atomic mass is 16.3. The predicted molar refractivity (Wildman–Crippen MR) is 87.7 cm³/mol. The van der Waals surface area contributed by atoms with Crippen LogP contribution in [0.15, 0.2) is 42.5 Å². The predicted octanol–water partition coefficient (Wildman–Crippen LogP) is 2.92. The Hall–Kier alpha value is -2.07. The fourth-order valence-corrected chi connectivity index (χ4v) is 3.15. The highest BCUT2D eigenvalue weighted by Crippen LogP contribution is 2.24. The maximum Gasteiger partial charge on any atom is 0.317 e. The molecule has 0 bridgehead atoms. The highest BCUT2D eigenvalue weighted by Gasteiger charge is 2.26. The molecule has 1 fully saturated rings. The van der Waals surface area contributed by atoms with Gasteiger partial charge in [0.1, 0.15) is 0 Å². The first-order valence-electron chi connectivity index (χ1n) is 7.83. The van der Waals surface area contributed by atoms with Crippen LogP contribution in [0.3, 0.4) is 0 Å². The zero-order valence-electron chi connectivity index (χ0n) is 12.8. The van der Waals surface area contributed by atoms with Crippen molar-refractivity contribution in [3.8, 4) is 0 Å². The van der Waals surface area contributed by atoms with Crippen LogP contribution in [0.5, 0.6) is 0 Å². The van der Waals surface area contributed by atoms with E-state index in [-0.39, 0.29) is 24.6 Å². The number of aliphatic hydroxyl groups excluding tert-OH is 1. The molecule has 0 aromatic heterocycles. The van der Waals surface area contributed by atoms with Crippen molar-refractivity contribution in [1.29, 1.82) is 0 Å². The Morgan fingerprint density at radius 1 is 1.32 bits per heavy atom. The maximum atomic E-state index is 12.4. The maximum absolute atomic E-state index is 12.4. The Morgan fingerprint density at radius 3 is 2.86 bits per heavy atom. The van der Waals surface area contributed by atoms with E-state index >= 15 is 0 Å². The summed E-state index contributed by atoms with van der Waals surface area (Å²) in [5.74, 6) is 0.221. The molecule has 2 unspecified atom stereocenters. The molecule has 4 heteroatoms. The molecule has 2 aromatic carbocycles. The van der Waals surface area contributed by atoms with Crippen molar-refractivity contribution in [1.82, 2.24) is 10.2 Å². The summed E-state index contributed by atoms with van der Waals surface area (Å²) in [5, 5.41) is 14.6. The van der Waals surface area contributed by atoms with E-state index in [2.05, 4.69) is 29.6 Å². The Balaban J connectivity index is 1.73. The molecule has 1 aliphatic heterocycles. The van der Waals surface area contributed by atoms with Crippen LogP contribution in [0.1, 0.15) is 24.9 Å². The lowest BCUT2D eigenvalue weighted by Crippen LogP contribution is -2.39. The smallest absolute Gasteiger partial charge is 0.317 e. The third-order valence-corrected chi connectivity index (χ3v) is 4.46. The van der Waals surface area contributed by atoms with E-state index < -0.39 is 0 Å². The Morgan fingerprint density at radius 2 is 2.09 bits per heavy atom. The monoisotopic (exact) mass is 298 g/mol. The normalized spacial score (nSPS) is 19.4. The Bertz CT molecular complexity index is 666. The second-order valence-electron chi connectivity index (χ2n) is 6.02. The number of fused-ring (bicyclic) bond motifs is 1. The van der Waals surface area contributed by atoms with Crippen molar-refractivity contribution < 1.29 is 9.90 Å². The van der Waals surface area contributed by atoms with E-state index in [0.717, 1.165) is 18.5 Å². The van der Waals surface area contributed by atoms with E-state index in [0.29, 0.717) is 6.54 Å². The molecule has 0 radical (unpaired) electrons. The fourth-order valence-electron chi connectivity index (χ4n) is 3.15. The number of carbonyl (C=O) groups excluding carboxylic acids is 1. The molecule has 0 aliphatic carbocycles. The largest absolute Gasteiger partial charge is 0.396 e. The van der Waals surface area contributed by atoms with E-state index in [1.54, 1.807) is 4.90 Å². The molecule has 2 amide bonds. The summed E-state index contributed by atoms with van der Waals surface area (Å²) < 4.78 is 0. The summed E-state index contributed by atoms with van der Waals surface area (Å²) >= 11 is 0. The molecule has 1 aliphatic rings. The minimum absolute atomic E-state index is 0.0450. The quantitative estimate of drug-likeness (QED) is 0.915. The van der Waals surface area contributed by atoms with Gasteiger partial charge in [-0.1, -0.05) is 42.5 Å². The van der Waals surface area contributed by atoms with Crippen molar-refractivity contribution in [3.63, 3.8) is 0 Å². The number of likely N-dealkylation sites (tertiary alicyclic amines) is 1. The Labute approximate surface area is 130 Å². The number of rotatable bonds is 3. The first-order chi connectivity index (χ1) is 10.7. The summed E-state index contributed by atoms with van der Waals surface area (Å²) in [6, 6.07) is 14.3. The summed E-state index contributed by atoms with van der Waals surface area (Å²) in [6.07, 6.45) is 0.882. The second kappa shape index (κ2) is 6.36. The van der Waals surface area contributed by atoms with Gasteiger partial charge in [-0.25, -0.2) is 4.79 Å². The van der Waals surface area contributed by atoms with Crippen LogP contribution in [0.25, 0.3) is 10.8 Å². The third kappa shape index (κ3) is 2.92. The molecule has 3 rings (SSSR count). The number of hydrogen-bond donors (Lipinski definition) is 2. The van der Waals surface area contributed by atoms with Crippen LogP contribution in [-0.4, -0.2) is 35.7 Å². The van der Waals surface area contributed by atoms with E-state index in [9.17, 15) is 9.90 Å². The van der Waals surface area contributed by atoms with E-state index in [1.165, 1.54) is 10.8 Å². The summed E-state index contributed by atoms with van der Waals surface area (Å²) in [5.41, 5.74) is 1.13. The van der Waals surface area contributed by atoms with Gasteiger partial charge >= 0.3 is 6.03 Å². The van der Waals surface area contributed by atoms with Gasteiger partial charge < -0.3 is 15.3 Å². The molecular weight excluding hydrogens is 276 g/mol. The van der Waals surface area contributed by atoms with Crippen molar-refractivity contribution in [2.75, 3.05) is 19.7 Å². The lowest BCUT2D eigenvalue weighted by Gasteiger charge is -2.22. The van der Waals surface area contributed by atoms with Crippen molar-refractivity contribution in [3.05, 3.63) is 48.0 Å². The van der Waals surface area contributed by atoms with Gasteiger partial charge in [-0.05, 0) is 29.7 Å². The zero-order chi connectivity index (χ0) is 15.5. The van der Waals surface area contributed by atoms with Gasteiger partial charge in [-0.2, -0.15) is 0 Å². The number of aliphatic hydroxyl groups is 1. The average molecular weight is 298 g/mol. The molecule has 116 valence electrons. The van der Waals surface area contributed by atoms with Gasteiger partial charge in [-0.3, -0.25) is 0 Å². The molecule has 2 aromatic rings. The minimum atomic E-state index is -0.0493. The van der Waals surface area contributed by atoms with Gasteiger partial charge in [0.25, 0.3) is 0 Å². The molecule has 1 saturated heterocycles. The lowest BCUT2D eigenvalue weighted by atomic mass is 10.00. The van der Waals surface area contributed by atoms with Crippen LogP contribution in [0, 0.1) is 5.92 Å². The molecule has 22 heavy (non-hydrogen) atoms. The molecule has 2 N–H and O–H groups in total. The molecular formula is C18H22N2O2. The van der Waals surface area contributed by atoms with Crippen molar-refractivity contribution in [2.45, 2.75) is 19.4 Å².